The number of aryl methyl sites for hydroxylation is 1. The minimum Gasteiger partial charge on any atom is -0.467 e. The average Bonchev–Trinajstić information content (AvgIpc) is 3.03. The number of furan rings is 1. The molecule has 1 aromatic carbocycles. The van der Waals surface area contributed by atoms with E-state index in [1.54, 1.807) is 6.26 Å². The van der Waals surface area contributed by atoms with Gasteiger partial charge in [-0.25, -0.2) is 0 Å². The summed E-state index contributed by atoms with van der Waals surface area (Å²) in [4.78, 5) is 11.8. The Morgan fingerprint density at radius 3 is 2.86 bits per heavy atom. The largest absolute Gasteiger partial charge is 0.467 e. The van der Waals surface area contributed by atoms with Crippen LogP contribution in [0.2, 0.25) is 0 Å². The van der Waals surface area contributed by atoms with Crippen molar-refractivity contribution in [2.24, 2.45) is 0 Å². The summed E-state index contributed by atoms with van der Waals surface area (Å²) in [5.41, 5.74) is 1.15. The van der Waals surface area contributed by atoms with Gasteiger partial charge in [-0.3, -0.25) is 4.79 Å². The molecule has 0 unspecified atom stereocenters. The molecule has 1 amide bonds. The first kappa shape index (κ1) is 16.8. The number of ether oxygens (including phenoxy) is 1. The number of hydrogen-bond acceptors (Lipinski definition) is 3. The lowest BCUT2D eigenvalue weighted by Gasteiger charge is -2.07. The van der Waals surface area contributed by atoms with Crippen LogP contribution >= 0.6 is 15.9 Å². The average molecular weight is 366 g/mol. The lowest BCUT2D eigenvalue weighted by Crippen LogP contribution is -2.25. The van der Waals surface area contributed by atoms with E-state index in [2.05, 4.69) is 21.2 Å². The van der Waals surface area contributed by atoms with Crippen molar-refractivity contribution in [2.75, 3.05) is 13.2 Å². The fourth-order valence-electron chi connectivity index (χ4n) is 2.01. The lowest BCUT2D eigenvalue weighted by atomic mass is 10.1. The van der Waals surface area contributed by atoms with E-state index < -0.39 is 0 Å². The van der Waals surface area contributed by atoms with Gasteiger partial charge in [-0.05, 0) is 36.6 Å². The SMILES string of the molecule is O=C(CCc1ccccc1Br)NCCCOCc1ccco1. The topological polar surface area (TPSA) is 51.5 Å². The molecule has 0 fully saturated rings. The van der Waals surface area contributed by atoms with Gasteiger partial charge < -0.3 is 14.5 Å². The van der Waals surface area contributed by atoms with Crippen LogP contribution in [-0.4, -0.2) is 19.1 Å². The Bertz CT molecular complexity index is 569. The van der Waals surface area contributed by atoms with E-state index in [4.69, 9.17) is 9.15 Å². The molecule has 22 heavy (non-hydrogen) atoms. The predicted octanol–water partition coefficient (Wildman–Crippen LogP) is 3.70. The summed E-state index contributed by atoms with van der Waals surface area (Å²) in [5.74, 6) is 0.888. The molecule has 0 spiro atoms. The molecule has 5 heteroatoms. The van der Waals surface area contributed by atoms with Crippen molar-refractivity contribution < 1.29 is 13.9 Å². The molecule has 1 heterocycles. The third-order valence-corrected chi connectivity index (χ3v) is 3.96. The van der Waals surface area contributed by atoms with Gasteiger partial charge in [0.1, 0.15) is 12.4 Å². The van der Waals surface area contributed by atoms with Gasteiger partial charge in [0, 0.05) is 24.0 Å². The molecule has 2 aromatic rings. The molecule has 0 aliphatic carbocycles. The van der Waals surface area contributed by atoms with Crippen molar-refractivity contribution in [3.63, 3.8) is 0 Å². The van der Waals surface area contributed by atoms with E-state index in [1.807, 2.05) is 36.4 Å². The molecule has 4 nitrogen and oxygen atoms in total. The number of carbonyl (C=O) groups excluding carboxylic acids is 1. The Hall–Kier alpha value is -1.59. The second kappa shape index (κ2) is 9.43. The number of amides is 1. The van der Waals surface area contributed by atoms with Gasteiger partial charge in [0.05, 0.1) is 6.26 Å². The summed E-state index contributed by atoms with van der Waals surface area (Å²) in [7, 11) is 0. The molecular weight excluding hydrogens is 346 g/mol. The summed E-state index contributed by atoms with van der Waals surface area (Å²) in [5, 5.41) is 2.91. The van der Waals surface area contributed by atoms with Crippen molar-refractivity contribution in [1.29, 1.82) is 0 Å². The van der Waals surface area contributed by atoms with Gasteiger partial charge in [-0.15, -0.1) is 0 Å². The standard InChI is InChI=1S/C17H20BrNO3/c18-16-7-2-1-5-14(16)8-9-17(20)19-10-4-11-21-13-15-6-3-12-22-15/h1-3,5-7,12H,4,8-11,13H2,(H,19,20). The van der Waals surface area contributed by atoms with Gasteiger partial charge in [0.15, 0.2) is 0 Å². The maximum Gasteiger partial charge on any atom is 0.220 e. The number of rotatable bonds is 9. The number of halogens is 1. The summed E-state index contributed by atoms with van der Waals surface area (Å²) in [6, 6.07) is 11.7. The van der Waals surface area contributed by atoms with Crippen molar-refractivity contribution in [2.45, 2.75) is 25.9 Å². The zero-order valence-electron chi connectivity index (χ0n) is 12.4. The van der Waals surface area contributed by atoms with Crippen LogP contribution in [-0.2, 0) is 22.6 Å². The highest BCUT2D eigenvalue weighted by molar-refractivity contribution is 9.10. The monoisotopic (exact) mass is 365 g/mol. The molecule has 1 aromatic heterocycles. The highest BCUT2D eigenvalue weighted by Gasteiger charge is 2.04. The van der Waals surface area contributed by atoms with Crippen molar-refractivity contribution in [1.82, 2.24) is 5.32 Å². The highest BCUT2D eigenvalue weighted by Crippen LogP contribution is 2.17. The highest BCUT2D eigenvalue weighted by atomic mass is 79.9. The normalized spacial score (nSPS) is 10.6. The van der Waals surface area contributed by atoms with Gasteiger partial charge in [-0.1, -0.05) is 34.1 Å². The van der Waals surface area contributed by atoms with Crippen molar-refractivity contribution >= 4 is 21.8 Å². The molecule has 0 saturated carbocycles. The third kappa shape index (κ3) is 6.03. The smallest absolute Gasteiger partial charge is 0.220 e. The minimum atomic E-state index is 0.0711. The van der Waals surface area contributed by atoms with E-state index in [9.17, 15) is 4.79 Å². The molecule has 0 aliphatic heterocycles. The van der Waals surface area contributed by atoms with E-state index in [0.717, 1.165) is 28.6 Å². The van der Waals surface area contributed by atoms with Crippen LogP contribution in [0.15, 0.2) is 51.6 Å². The fourth-order valence-corrected chi connectivity index (χ4v) is 2.49. The molecule has 0 bridgehead atoms. The van der Waals surface area contributed by atoms with Crippen LogP contribution in [0, 0.1) is 0 Å². The summed E-state index contributed by atoms with van der Waals surface area (Å²) in [6.45, 7) is 1.71. The maximum atomic E-state index is 11.8. The lowest BCUT2D eigenvalue weighted by molar-refractivity contribution is -0.121. The van der Waals surface area contributed by atoms with E-state index in [1.165, 1.54) is 0 Å². The van der Waals surface area contributed by atoms with Gasteiger partial charge in [0.25, 0.3) is 0 Å². The summed E-state index contributed by atoms with van der Waals surface area (Å²) in [6.07, 6.45) is 3.66. The van der Waals surface area contributed by atoms with Crippen LogP contribution in [0.1, 0.15) is 24.2 Å². The molecule has 1 N–H and O–H groups in total. The summed E-state index contributed by atoms with van der Waals surface area (Å²) < 4.78 is 11.7. The van der Waals surface area contributed by atoms with Gasteiger partial charge in [0.2, 0.25) is 5.91 Å². The minimum absolute atomic E-state index is 0.0711. The van der Waals surface area contributed by atoms with E-state index in [-0.39, 0.29) is 5.91 Å². The van der Waals surface area contributed by atoms with Gasteiger partial charge >= 0.3 is 0 Å². The van der Waals surface area contributed by atoms with Gasteiger partial charge in [-0.2, -0.15) is 0 Å². The molecule has 118 valence electrons. The maximum absolute atomic E-state index is 11.8. The molecule has 0 saturated heterocycles. The first-order chi connectivity index (χ1) is 10.8. The second-order valence-corrected chi connectivity index (χ2v) is 5.78. The van der Waals surface area contributed by atoms with Crippen LogP contribution in [0.5, 0.6) is 0 Å². The zero-order valence-corrected chi connectivity index (χ0v) is 14.0. The number of nitrogens with one attached hydrogen (secondary N) is 1. The molecular formula is C17H20BrNO3. The molecule has 0 aliphatic rings. The first-order valence-corrected chi connectivity index (χ1v) is 8.15. The van der Waals surface area contributed by atoms with E-state index >= 15 is 0 Å². The van der Waals surface area contributed by atoms with Crippen LogP contribution < -0.4 is 5.32 Å². The van der Waals surface area contributed by atoms with Crippen LogP contribution in [0.4, 0.5) is 0 Å². The number of hydrogen-bond donors (Lipinski definition) is 1. The predicted molar refractivity (Wildman–Crippen MR) is 88.5 cm³/mol. The summed E-state index contributed by atoms with van der Waals surface area (Å²) >= 11 is 3.49. The fraction of sp³-hybridized carbons (Fsp3) is 0.353. The molecule has 0 atom stereocenters. The Kier molecular flexibility index (Phi) is 7.19. The third-order valence-electron chi connectivity index (χ3n) is 3.19. The Morgan fingerprint density at radius 1 is 1.23 bits per heavy atom. The zero-order chi connectivity index (χ0) is 15.6. The number of benzene rings is 1. The van der Waals surface area contributed by atoms with Crippen LogP contribution in [0.25, 0.3) is 0 Å². The second-order valence-electron chi connectivity index (χ2n) is 4.93. The van der Waals surface area contributed by atoms with Crippen LogP contribution in [0.3, 0.4) is 0 Å². The van der Waals surface area contributed by atoms with E-state index in [0.29, 0.717) is 26.2 Å². The molecule has 2 rings (SSSR count). The van der Waals surface area contributed by atoms with Crippen molar-refractivity contribution in [3.8, 4) is 0 Å². The quantitative estimate of drug-likeness (QED) is 0.689. The Balaban J connectivity index is 1.52. The Morgan fingerprint density at radius 2 is 2.09 bits per heavy atom. The number of carbonyl (C=O) groups is 1. The Labute approximate surface area is 139 Å². The van der Waals surface area contributed by atoms with Crippen molar-refractivity contribution in [3.05, 3.63) is 58.5 Å². The molecule has 0 radical (unpaired) electrons. The first-order valence-electron chi connectivity index (χ1n) is 7.36.